The van der Waals surface area contributed by atoms with Gasteiger partial charge in [0.15, 0.2) is 0 Å². The van der Waals surface area contributed by atoms with Crippen LogP contribution in [0.15, 0.2) is 0 Å². The molecule has 1 unspecified atom stereocenters. The normalized spacial score (nSPS) is 23.2. The molecule has 0 radical (unpaired) electrons. The van der Waals surface area contributed by atoms with Gasteiger partial charge in [-0.3, -0.25) is 0 Å². The van der Waals surface area contributed by atoms with Gasteiger partial charge in [0.05, 0.1) is 0 Å². The second kappa shape index (κ2) is 7.10. The fourth-order valence-corrected chi connectivity index (χ4v) is 3.14. The van der Waals surface area contributed by atoms with Crippen LogP contribution in [0.4, 0.5) is 0 Å². The largest absolute Gasteiger partial charge is 0.313 e. The molecule has 1 saturated heterocycles. The van der Waals surface area contributed by atoms with Crippen LogP contribution in [-0.4, -0.2) is 35.6 Å². The molecule has 1 fully saturated rings. The monoisotopic (exact) mass is 205 g/mol. The molecule has 1 N–H and O–H groups in total. The Morgan fingerprint density at radius 1 is 1.58 bits per heavy atom. The Balaban J connectivity index is 1.81. The molecule has 1 rings (SSSR count). The minimum atomic E-state index is 0.821. The van der Waals surface area contributed by atoms with Gasteiger partial charge >= 0.3 is 0 Å². The fourth-order valence-electron chi connectivity index (χ4n) is 1.32. The minimum absolute atomic E-state index is 0.821. The molecule has 0 aromatic carbocycles. The van der Waals surface area contributed by atoms with E-state index in [-0.39, 0.29) is 0 Å². The van der Waals surface area contributed by atoms with E-state index in [1.54, 1.807) is 0 Å². The first-order chi connectivity index (χ1) is 5.93. The van der Waals surface area contributed by atoms with E-state index in [9.17, 15) is 0 Å². The lowest BCUT2D eigenvalue weighted by atomic mass is 10.2. The van der Waals surface area contributed by atoms with Crippen LogP contribution in [0.3, 0.4) is 0 Å². The van der Waals surface area contributed by atoms with Gasteiger partial charge in [0.1, 0.15) is 0 Å². The molecule has 12 heavy (non-hydrogen) atoms. The lowest BCUT2D eigenvalue weighted by molar-refractivity contribution is 0.557. The van der Waals surface area contributed by atoms with Crippen molar-refractivity contribution in [2.75, 3.05) is 29.6 Å². The molecule has 0 spiro atoms. The standard InChI is InChI=1S/C9H19NS2/c1-2-11-6-3-5-10-9-4-7-12-8-9/h9-10H,2-8H2,1H3. The van der Waals surface area contributed by atoms with Gasteiger partial charge in [-0.15, -0.1) is 0 Å². The van der Waals surface area contributed by atoms with E-state index in [0.29, 0.717) is 0 Å². The molecule has 0 aromatic heterocycles. The van der Waals surface area contributed by atoms with Gasteiger partial charge in [-0.2, -0.15) is 23.5 Å². The van der Waals surface area contributed by atoms with Crippen molar-refractivity contribution in [2.45, 2.75) is 25.8 Å². The summed E-state index contributed by atoms with van der Waals surface area (Å²) in [5.41, 5.74) is 0. The van der Waals surface area contributed by atoms with E-state index in [2.05, 4.69) is 24.0 Å². The van der Waals surface area contributed by atoms with Crippen molar-refractivity contribution in [1.29, 1.82) is 0 Å². The Morgan fingerprint density at radius 2 is 2.50 bits per heavy atom. The smallest absolute Gasteiger partial charge is 0.0166 e. The first kappa shape index (κ1) is 10.7. The minimum Gasteiger partial charge on any atom is -0.313 e. The zero-order valence-corrected chi connectivity index (χ0v) is 9.48. The number of hydrogen-bond donors (Lipinski definition) is 1. The van der Waals surface area contributed by atoms with E-state index in [1.807, 2.05) is 11.8 Å². The maximum absolute atomic E-state index is 3.61. The molecule has 0 aliphatic carbocycles. The Bertz CT molecular complexity index is 103. The summed E-state index contributed by atoms with van der Waals surface area (Å²) in [5.74, 6) is 5.28. The van der Waals surface area contributed by atoms with Crippen molar-refractivity contribution < 1.29 is 0 Å². The van der Waals surface area contributed by atoms with Gasteiger partial charge in [0, 0.05) is 11.8 Å². The van der Waals surface area contributed by atoms with Crippen LogP contribution in [0.1, 0.15) is 19.8 Å². The summed E-state index contributed by atoms with van der Waals surface area (Å²) in [5, 5.41) is 3.61. The van der Waals surface area contributed by atoms with E-state index in [0.717, 1.165) is 6.04 Å². The summed E-state index contributed by atoms with van der Waals surface area (Å²) in [6.45, 7) is 3.45. The molecule has 0 aromatic rings. The molecule has 3 heteroatoms. The molecule has 1 aliphatic rings. The van der Waals surface area contributed by atoms with Gasteiger partial charge < -0.3 is 5.32 Å². The first-order valence-electron chi connectivity index (χ1n) is 4.82. The highest BCUT2D eigenvalue weighted by molar-refractivity contribution is 7.99. The van der Waals surface area contributed by atoms with Crippen molar-refractivity contribution in [3.8, 4) is 0 Å². The zero-order chi connectivity index (χ0) is 8.65. The maximum atomic E-state index is 3.61. The summed E-state index contributed by atoms with van der Waals surface area (Å²) < 4.78 is 0. The van der Waals surface area contributed by atoms with Crippen LogP contribution in [0.2, 0.25) is 0 Å². The van der Waals surface area contributed by atoms with E-state index in [4.69, 9.17) is 0 Å². The lowest BCUT2D eigenvalue weighted by Gasteiger charge is -2.09. The van der Waals surface area contributed by atoms with Crippen molar-refractivity contribution >= 4 is 23.5 Å². The molecule has 0 saturated carbocycles. The predicted octanol–water partition coefficient (Wildman–Crippen LogP) is 2.22. The van der Waals surface area contributed by atoms with Crippen molar-refractivity contribution in [3.63, 3.8) is 0 Å². The molecule has 1 aliphatic heterocycles. The molecule has 1 nitrogen and oxygen atoms in total. The predicted molar refractivity (Wildman–Crippen MR) is 61.3 cm³/mol. The van der Waals surface area contributed by atoms with Crippen molar-refractivity contribution in [3.05, 3.63) is 0 Å². The SMILES string of the molecule is CCSCCCNC1CCSC1. The third kappa shape index (κ3) is 4.63. The Morgan fingerprint density at radius 3 is 3.17 bits per heavy atom. The van der Waals surface area contributed by atoms with E-state index >= 15 is 0 Å². The van der Waals surface area contributed by atoms with Gasteiger partial charge in [-0.25, -0.2) is 0 Å². The Hall–Kier alpha value is 0.660. The highest BCUT2D eigenvalue weighted by Crippen LogP contribution is 2.16. The summed E-state index contributed by atoms with van der Waals surface area (Å²) in [6.07, 6.45) is 2.71. The maximum Gasteiger partial charge on any atom is 0.0166 e. The first-order valence-corrected chi connectivity index (χ1v) is 7.13. The van der Waals surface area contributed by atoms with Gasteiger partial charge in [0.25, 0.3) is 0 Å². The fraction of sp³-hybridized carbons (Fsp3) is 1.00. The molecular weight excluding hydrogens is 186 g/mol. The van der Waals surface area contributed by atoms with Crippen molar-refractivity contribution in [1.82, 2.24) is 5.32 Å². The average molecular weight is 205 g/mol. The highest BCUT2D eigenvalue weighted by Gasteiger charge is 2.13. The number of rotatable bonds is 6. The highest BCUT2D eigenvalue weighted by atomic mass is 32.2. The molecule has 72 valence electrons. The van der Waals surface area contributed by atoms with E-state index < -0.39 is 0 Å². The number of thioether (sulfide) groups is 2. The van der Waals surface area contributed by atoms with Crippen molar-refractivity contribution in [2.24, 2.45) is 0 Å². The topological polar surface area (TPSA) is 12.0 Å². The third-order valence-electron chi connectivity index (χ3n) is 2.03. The van der Waals surface area contributed by atoms with Crippen LogP contribution in [0, 0.1) is 0 Å². The molecule has 0 bridgehead atoms. The van der Waals surface area contributed by atoms with Crippen LogP contribution < -0.4 is 5.32 Å². The molecule has 1 atom stereocenters. The van der Waals surface area contributed by atoms with Crippen LogP contribution >= 0.6 is 23.5 Å². The summed E-state index contributed by atoms with van der Waals surface area (Å²) in [4.78, 5) is 0. The van der Waals surface area contributed by atoms with Gasteiger partial charge in [-0.1, -0.05) is 6.92 Å². The molecular formula is C9H19NS2. The van der Waals surface area contributed by atoms with Crippen LogP contribution in [-0.2, 0) is 0 Å². The average Bonchev–Trinajstić information content (AvgIpc) is 2.57. The summed E-state index contributed by atoms with van der Waals surface area (Å²) in [6, 6.07) is 0.821. The van der Waals surface area contributed by atoms with Crippen LogP contribution in [0.25, 0.3) is 0 Å². The summed E-state index contributed by atoms with van der Waals surface area (Å²) >= 11 is 4.13. The number of nitrogens with one attached hydrogen (secondary N) is 1. The third-order valence-corrected chi connectivity index (χ3v) is 4.18. The number of hydrogen-bond acceptors (Lipinski definition) is 3. The Kier molecular flexibility index (Phi) is 6.35. The molecule has 1 heterocycles. The van der Waals surface area contributed by atoms with Gasteiger partial charge in [-0.05, 0) is 36.6 Å². The second-order valence-corrected chi connectivity index (χ2v) is 5.61. The second-order valence-electron chi connectivity index (χ2n) is 3.07. The van der Waals surface area contributed by atoms with Gasteiger partial charge in [0.2, 0.25) is 0 Å². The quantitative estimate of drug-likeness (QED) is 0.668. The van der Waals surface area contributed by atoms with Crippen LogP contribution in [0.5, 0.6) is 0 Å². The Labute approximate surface area is 84.4 Å². The zero-order valence-electron chi connectivity index (χ0n) is 7.84. The molecule has 0 amide bonds. The lowest BCUT2D eigenvalue weighted by Crippen LogP contribution is -2.29. The summed E-state index contributed by atoms with van der Waals surface area (Å²) in [7, 11) is 0. The van der Waals surface area contributed by atoms with E-state index in [1.165, 1.54) is 42.4 Å².